The summed E-state index contributed by atoms with van der Waals surface area (Å²) in [5, 5.41) is 13.2. The minimum atomic E-state index is -1.01. The molecule has 1 aromatic heterocycles. The summed E-state index contributed by atoms with van der Waals surface area (Å²) in [4.78, 5) is 41.3. The molecule has 2 N–H and O–H groups in total. The molecule has 0 spiro atoms. The van der Waals surface area contributed by atoms with Crippen molar-refractivity contribution in [2.45, 2.75) is 6.42 Å². The van der Waals surface area contributed by atoms with Crippen molar-refractivity contribution in [3.63, 3.8) is 0 Å². The fourth-order valence-corrected chi connectivity index (χ4v) is 4.40. The van der Waals surface area contributed by atoms with Crippen molar-refractivity contribution >= 4 is 68.6 Å². The van der Waals surface area contributed by atoms with E-state index in [4.69, 9.17) is 22.1 Å². The maximum atomic E-state index is 12.6. The molecule has 0 atom stereocenters. The van der Waals surface area contributed by atoms with Crippen LogP contribution in [0.4, 0.5) is 5.13 Å². The van der Waals surface area contributed by atoms with Crippen molar-refractivity contribution in [3.8, 4) is 5.75 Å². The number of thiocarbonyl (C=S) groups is 1. The van der Waals surface area contributed by atoms with Crippen LogP contribution in [0.2, 0.25) is 0 Å². The molecular formula is C18H15N3O5S3. The summed E-state index contributed by atoms with van der Waals surface area (Å²) < 4.78 is 5.46. The number of thioether (sulfide) groups is 1. The number of hydrogen-bond acceptors (Lipinski definition) is 8. The zero-order valence-corrected chi connectivity index (χ0v) is 17.5. The van der Waals surface area contributed by atoms with Crippen molar-refractivity contribution in [2.75, 3.05) is 19.0 Å². The van der Waals surface area contributed by atoms with E-state index >= 15 is 0 Å². The van der Waals surface area contributed by atoms with E-state index in [2.05, 4.69) is 10.3 Å². The number of anilines is 1. The summed E-state index contributed by atoms with van der Waals surface area (Å²) >= 11 is 7.47. The van der Waals surface area contributed by atoms with Gasteiger partial charge in [0.25, 0.3) is 5.91 Å². The Balaban J connectivity index is 1.65. The van der Waals surface area contributed by atoms with E-state index in [9.17, 15) is 14.4 Å². The van der Waals surface area contributed by atoms with Gasteiger partial charge in [-0.05, 0) is 23.8 Å². The smallest absolute Gasteiger partial charge is 0.309 e. The normalized spacial score (nSPS) is 15.1. The van der Waals surface area contributed by atoms with Gasteiger partial charge < -0.3 is 15.2 Å². The van der Waals surface area contributed by atoms with Gasteiger partial charge in [0.2, 0.25) is 5.91 Å². The maximum absolute atomic E-state index is 12.6. The molecule has 1 aliphatic heterocycles. The molecule has 2 heterocycles. The molecule has 1 saturated heterocycles. The minimum absolute atomic E-state index is 0.226. The second kappa shape index (κ2) is 9.16. The fourth-order valence-electron chi connectivity index (χ4n) is 2.42. The number of aromatic nitrogens is 1. The molecule has 3 rings (SSSR count). The SMILES string of the molecule is COc1cccc(/C=C2\SC(=S)N(CC(=O)Nc3nc(CC(=O)O)cs3)C2=O)c1. The van der Waals surface area contributed by atoms with Crippen molar-refractivity contribution in [1.29, 1.82) is 0 Å². The number of rotatable bonds is 7. The van der Waals surface area contributed by atoms with E-state index in [1.165, 1.54) is 4.90 Å². The summed E-state index contributed by atoms with van der Waals surface area (Å²) in [5.41, 5.74) is 1.13. The summed E-state index contributed by atoms with van der Waals surface area (Å²) in [6.07, 6.45) is 1.47. The Morgan fingerprint density at radius 2 is 2.21 bits per heavy atom. The van der Waals surface area contributed by atoms with Gasteiger partial charge >= 0.3 is 5.97 Å². The first-order valence-corrected chi connectivity index (χ1v) is 10.3. The molecule has 8 nitrogen and oxygen atoms in total. The van der Waals surface area contributed by atoms with Gasteiger partial charge in [0, 0.05) is 5.38 Å². The van der Waals surface area contributed by atoms with Gasteiger partial charge in [0.05, 0.1) is 24.1 Å². The van der Waals surface area contributed by atoms with Crippen LogP contribution < -0.4 is 10.1 Å². The predicted octanol–water partition coefficient (Wildman–Crippen LogP) is 2.62. The number of carbonyl (C=O) groups excluding carboxylic acids is 2. The maximum Gasteiger partial charge on any atom is 0.309 e. The average molecular weight is 450 g/mol. The number of carboxylic acid groups (broad SMARTS) is 1. The molecule has 29 heavy (non-hydrogen) atoms. The molecule has 11 heteroatoms. The first-order chi connectivity index (χ1) is 13.9. The minimum Gasteiger partial charge on any atom is -0.497 e. The molecule has 2 aromatic rings. The third-order valence-corrected chi connectivity index (χ3v) is 5.88. The van der Waals surface area contributed by atoms with Crippen LogP contribution >= 0.6 is 35.3 Å². The largest absolute Gasteiger partial charge is 0.497 e. The quantitative estimate of drug-likeness (QED) is 0.491. The lowest BCUT2D eigenvalue weighted by Gasteiger charge is -2.13. The highest BCUT2D eigenvalue weighted by Crippen LogP contribution is 2.33. The van der Waals surface area contributed by atoms with E-state index in [1.54, 1.807) is 30.7 Å². The number of amides is 2. The Kier molecular flexibility index (Phi) is 6.62. The second-order valence-corrected chi connectivity index (χ2v) is 8.34. The van der Waals surface area contributed by atoms with Crippen LogP contribution in [0, 0.1) is 0 Å². The fraction of sp³-hybridized carbons (Fsp3) is 0.167. The lowest BCUT2D eigenvalue weighted by atomic mass is 10.2. The van der Waals surface area contributed by atoms with Gasteiger partial charge in [-0.1, -0.05) is 36.1 Å². The molecule has 0 saturated carbocycles. The number of hydrogen-bond donors (Lipinski definition) is 2. The van der Waals surface area contributed by atoms with Crippen LogP contribution in [0.15, 0.2) is 34.6 Å². The van der Waals surface area contributed by atoms with Gasteiger partial charge in [-0.15, -0.1) is 11.3 Å². The Hall–Kier alpha value is -2.76. The highest BCUT2D eigenvalue weighted by molar-refractivity contribution is 8.26. The third kappa shape index (κ3) is 5.40. The van der Waals surface area contributed by atoms with E-state index < -0.39 is 11.9 Å². The van der Waals surface area contributed by atoms with Crippen LogP contribution in [-0.2, 0) is 20.8 Å². The molecule has 2 amide bonds. The number of nitrogens with zero attached hydrogens (tertiary/aromatic N) is 2. The number of aliphatic carboxylic acids is 1. The predicted molar refractivity (Wildman–Crippen MR) is 115 cm³/mol. The average Bonchev–Trinajstić information content (AvgIpc) is 3.20. The molecule has 0 aliphatic carbocycles. The number of nitrogens with one attached hydrogen (secondary N) is 1. The third-order valence-electron chi connectivity index (χ3n) is 3.70. The first kappa shape index (κ1) is 21.0. The number of thiazole rings is 1. The van der Waals surface area contributed by atoms with E-state index in [-0.39, 0.29) is 28.3 Å². The summed E-state index contributed by atoms with van der Waals surface area (Å²) in [6.45, 7) is -0.256. The van der Waals surface area contributed by atoms with Gasteiger partial charge in [0.1, 0.15) is 16.6 Å². The van der Waals surface area contributed by atoms with Crippen LogP contribution in [0.5, 0.6) is 5.75 Å². The molecular weight excluding hydrogens is 434 g/mol. The van der Waals surface area contributed by atoms with Crippen LogP contribution in [0.1, 0.15) is 11.3 Å². The Morgan fingerprint density at radius 3 is 2.93 bits per heavy atom. The summed E-state index contributed by atoms with van der Waals surface area (Å²) in [5.74, 6) is -1.17. The van der Waals surface area contributed by atoms with Gasteiger partial charge in [0.15, 0.2) is 5.13 Å². The number of carboxylic acids is 1. The molecule has 150 valence electrons. The number of carbonyl (C=O) groups is 3. The Labute approximate surface area is 179 Å². The summed E-state index contributed by atoms with van der Waals surface area (Å²) in [7, 11) is 1.56. The molecule has 1 fully saturated rings. The van der Waals surface area contributed by atoms with Gasteiger partial charge in [-0.2, -0.15) is 0 Å². The lowest BCUT2D eigenvalue weighted by molar-refractivity contribution is -0.136. The highest BCUT2D eigenvalue weighted by Gasteiger charge is 2.33. The van der Waals surface area contributed by atoms with E-state index in [0.717, 1.165) is 28.7 Å². The van der Waals surface area contributed by atoms with Crippen molar-refractivity contribution in [2.24, 2.45) is 0 Å². The van der Waals surface area contributed by atoms with Crippen molar-refractivity contribution in [1.82, 2.24) is 9.88 Å². The topological polar surface area (TPSA) is 109 Å². The van der Waals surface area contributed by atoms with Gasteiger partial charge in [-0.3, -0.25) is 19.3 Å². The zero-order chi connectivity index (χ0) is 21.0. The van der Waals surface area contributed by atoms with Crippen LogP contribution in [0.3, 0.4) is 0 Å². The summed E-state index contributed by atoms with van der Waals surface area (Å²) in [6, 6.07) is 7.23. The molecule has 1 aliphatic rings. The van der Waals surface area contributed by atoms with Crippen LogP contribution in [-0.4, -0.2) is 50.7 Å². The monoisotopic (exact) mass is 449 g/mol. The van der Waals surface area contributed by atoms with Crippen molar-refractivity contribution < 1.29 is 24.2 Å². The van der Waals surface area contributed by atoms with Crippen LogP contribution in [0.25, 0.3) is 6.08 Å². The molecule has 0 unspecified atom stereocenters. The second-order valence-electron chi connectivity index (χ2n) is 5.81. The lowest BCUT2D eigenvalue weighted by Crippen LogP contribution is -2.36. The number of benzene rings is 1. The first-order valence-electron chi connectivity index (χ1n) is 8.21. The molecule has 0 radical (unpaired) electrons. The van der Waals surface area contributed by atoms with E-state index in [1.807, 2.05) is 12.1 Å². The Bertz CT molecular complexity index is 1020. The standard InChI is InChI=1S/C18H15N3O5S3/c1-26-12-4-2-3-10(5-12)6-13-16(25)21(18(27)29-13)8-14(22)20-17-19-11(9-28-17)7-15(23)24/h2-6,9H,7-8H2,1H3,(H,23,24)(H,19,20,22)/b13-6-. The molecule has 0 bridgehead atoms. The van der Waals surface area contributed by atoms with Gasteiger partial charge in [-0.25, -0.2) is 4.98 Å². The zero-order valence-electron chi connectivity index (χ0n) is 15.1. The highest BCUT2D eigenvalue weighted by atomic mass is 32.2. The Morgan fingerprint density at radius 1 is 1.41 bits per heavy atom. The number of methoxy groups -OCH3 is 1. The van der Waals surface area contributed by atoms with E-state index in [0.29, 0.717) is 16.3 Å². The molecule has 1 aromatic carbocycles. The van der Waals surface area contributed by atoms with Crippen molar-refractivity contribution in [3.05, 3.63) is 45.8 Å². The number of ether oxygens (including phenoxy) is 1.